The van der Waals surface area contributed by atoms with Crippen LogP contribution in [0.5, 0.6) is 0 Å². The molecule has 0 bridgehead atoms. The maximum absolute atomic E-state index is 3.93. The largest absolute Gasteiger partial charge is 0.308 e. The first kappa shape index (κ1) is 14.1. The summed E-state index contributed by atoms with van der Waals surface area (Å²) >= 11 is 0. The van der Waals surface area contributed by atoms with E-state index in [9.17, 15) is 0 Å². The lowest BCUT2D eigenvalue weighted by Crippen LogP contribution is -2.63. The Morgan fingerprint density at radius 3 is 2.45 bits per heavy atom. The summed E-state index contributed by atoms with van der Waals surface area (Å²) in [6.07, 6.45) is 6.94. The molecule has 2 nitrogen and oxygen atoms in total. The second kappa shape index (κ2) is 5.87. The van der Waals surface area contributed by atoms with Crippen molar-refractivity contribution < 1.29 is 0 Å². The molecule has 1 heterocycles. The Balaban J connectivity index is 1.80. The highest BCUT2D eigenvalue weighted by Gasteiger charge is 2.40. The second-order valence-electron chi connectivity index (χ2n) is 6.91. The van der Waals surface area contributed by atoms with Crippen LogP contribution in [0.3, 0.4) is 0 Å². The summed E-state index contributed by atoms with van der Waals surface area (Å²) in [5.41, 5.74) is 1.85. The lowest BCUT2D eigenvalue weighted by atomic mass is 9.78. The highest BCUT2D eigenvalue weighted by molar-refractivity contribution is 5.21. The minimum Gasteiger partial charge on any atom is -0.308 e. The lowest BCUT2D eigenvalue weighted by molar-refractivity contribution is 0.0334. The van der Waals surface area contributed by atoms with E-state index in [0.717, 1.165) is 6.54 Å². The Bertz CT molecular complexity index is 420. The van der Waals surface area contributed by atoms with E-state index in [0.29, 0.717) is 17.6 Å². The molecule has 110 valence electrons. The number of hydrogen-bond acceptors (Lipinski definition) is 2. The number of nitrogens with zero attached hydrogens (tertiary/aromatic N) is 1. The van der Waals surface area contributed by atoms with Gasteiger partial charge in [0.15, 0.2) is 0 Å². The van der Waals surface area contributed by atoms with Crippen LogP contribution >= 0.6 is 0 Å². The van der Waals surface area contributed by atoms with Crippen molar-refractivity contribution in [3.63, 3.8) is 0 Å². The number of nitrogens with one attached hydrogen (secondary N) is 1. The molecule has 20 heavy (non-hydrogen) atoms. The van der Waals surface area contributed by atoms with Crippen molar-refractivity contribution in [1.29, 1.82) is 0 Å². The highest BCUT2D eigenvalue weighted by atomic mass is 15.3. The summed E-state index contributed by atoms with van der Waals surface area (Å²) < 4.78 is 0. The molecular formula is C18H28N2. The molecule has 3 rings (SSSR count). The van der Waals surface area contributed by atoms with Gasteiger partial charge in [0.25, 0.3) is 0 Å². The summed E-state index contributed by atoms with van der Waals surface area (Å²) in [6, 6.07) is 12.1. The molecule has 2 fully saturated rings. The van der Waals surface area contributed by atoms with E-state index in [-0.39, 0.29) is 0 Å². The first-order valence-electron chi connectivity index (χ1n) is 8.26. The van der Waals surface area contributed by atoms with E-state index in [1.165, 1.54) is 44.2 Å². The highest BCUT2D eigenvalue weighted by Crippen LogP contribution is 2.36. The fourth-order valence-electron chi connectivity index (χ4n) is 4.04. The van der Waals surface area contributed by atoms with Gasteiger partial charge in [-0.15, -0.1) is 0 Å². The third kappa shape index (κ3) is 2.77. The quantitative estimate of drug-likeness (QED) is 0.882. The molecule has 1 aromatic rings. The molecule has 1 spiro atoms. The number of benzene rings is 1. The molecule has 1 unspecified atom stereocenters. The number of piperazine rings is 1. The smallest absolute Gasteiger partial charge is 0.0476 e. The molecule has 0 amide bonds. The van der Waals surface area contributed by atoms with Gasteiger partial charge in [0.1, 0.15) is 0 Å². The lowest BCUT2D eigenvalue weighted by Gasteiger charge is -2.51. The van der Waals surface area contributed by atoms with Gasteiger partial charge in [-0.2, -0.15) is 0 Å². The average molecular weight is 272 g/mol. The van der Waals surface area contributed by atoms with Crippen LogP contribution < -0.4 is 5.32 Å². The fourth-order valence-corrected chi connectivity index (χ4v) is 4.04. The molecule has 1 saturated heterocycles. The van der Waals surface area contributed by atoms with Crippen molar-refractivity contribution in [3.05, 3.63) is 35.9 Å². The summed E-state index contributed by atoms with van der Waals surface area (Å²) in [5.74, 6) is 0. The Morgan fingerprint density at radius 2 is 1.80 bits per heavy atom. The SMILES string of the molecule is CC(C)N1CC2(CCCCC2)NCC1c1ccccc1. The second-order valence-corrected chi connectivity index (χ2v) is 6.91. The predicted molar refractivity (Wildman–Crippen MR) is 84.8 cm³/mol. The van der Waals surface area contributed by atoms with Crippen molar-refractivity contribution >= 4 is 0 Å². The number of hydrogen-bond donors (Lipinski definition) is 1. The van der Waals surface area contributed by atoms with Gasteiger partial charge in [-0.25, -0.2) is 0 Å². The van der Waals surface area contributed by atoms with E-state index < -0.39 is 0 Å². The van der Waals surface area contributed by atoms with Gasteiger partial charge >= 0.3 is 0 Å². The zero-order valence-corrected chi connectivity index (χ0v) is 12.9. The minimum absolute atomic E-state index is 0.397. The zero-order chi connectivity index (χ0) is 14.0. The third-order valence-corrected chi connectivity index (χ3v) is 5.21. The fraction of sp³-hybridized carbons (Fsp3) is 0.667. The maximum Gasteiger partial charge on any atom is 0.0476 e. The monoisotopic (exact) mass is 272 g/mol. The van der Waals surface area contributed by atoms with Crippen LogP contribution in [0.25, 0.3) is 0 Å². The molecule has 1 aromatic carbocycles. The van der Waals surface area contributed by atoms with Gasteiger partial charge in [0.2, 0.25) is 0 Å². The van der Waals surface area contributed by atoms with Crippen LogP contribution in [-0.4, -0.2) is 29.6 Å². The van der Waals surface area contributed by atoms with Crippen molar-refractivity contribution in [2.75, 3.05) is 13.1 Å². The molecule has 1 saturated carbocycles. The first-order chi connectivity index (χ1) is 9.70. The first-order valence-corrected chi connectivity index (χ1v) is 8.26. The van der Waals surface area contributed by atoms with Crippen LogP contribution in [0.4, 0.5) is 0 Å². The Morgan fingerprint density at radius 1 is 1.10 bits per heavy atom. The molecule has 0 radical (unpaired) electrons. The maximum atomic E-state index is 3.93. The standard InChI is InChI=1S/C18H28N2/c1-15(2)20-14-18(11-7-4-8-12-18)19-13-17(20)16-9-5-3-6-10-16/h3,5-6,9-10,15,17,19H,4,7-8,11-14H2,1-2H3. The van der Waals surface area contributed by atoms with Crippen molar-refractivity contribution in [2.45, 2.75) is 63.6 Å². The van der Waals surface area contributed by atoms with Gasteiger partial charge in [-0.1, -0.05) is 49.6 Å². The van der Waals surface area contributed by atoms with E-state index in [1.807, 2.05) is 0 Å². The van der Waals surface area contributed by atoms with Crippen LogP contribution in [0, 0.1) is 0 Å². The minimum atomic E-state index is 0.397. The summed E-state index contributed by atoms with van der Waals surface area (Å²) in [4.78, 5) is 2.72. The summed E-state index contributed by atoms with van der Waals surface area (Å²) in [7, 11) is 0. The third-order valence-electron chi connectivity index (χ3n) is 5.21. The van der Waals surface area contributed by atoms with E-state index in [4.69, 9.17) is 0 Å². The molecular weight excluding hydrogens is 244 g/mol. The molecule has 1 aliphatic heterocycles. The van der Waals surface area contributed by atoms with E-state index >= 15 is 0 Å². The van der Waals surface area contributed by atoms with E-state index in [2.05, 4.69) is 54.4 Å². The van der Waals surface area contributed by atoms with Crippen LogP contribution in [-0.2, 0) is 0 Å². The molecule has 1 aliphatic carbocycles. The Hall–Kier alpha value is -0.860. The molecule has 0 aromatic heterocycles. The van der Waals surface area contributed by atoms with Crippen molar-refractivity contribution in [1.82, 2.24) is 10.2 Å². The molecule has 1 atom stereocenters. The van der Waals surface area contributed by atoms with Gasteiger partial charge in [-0.3, -0.25) is 4.90 Å². The Labute approximate surface area is 123 Å². The van der Waals surface area contributed by atoms with Gasteiger partial charge in [-0.05, 0) is 32.3 Å². The van der Waals surface area contributed by atoms with Crippen LogP contribution in [0.2, 0.25) is 0 Å². The molecule has 1 N–H and O–H groups in total. The average Bonchev–Trinajstić information content (AvgIpc) is 2.49. The number of rotatable bonds is 2. The Kier molecular flexibility index (Phi) is 4.13. The topological polar surface area (TPSA) is 15.3 Å². The molecule has 2 aliphatic rings. The summed E-state index contributed by atoms with van der Waals surface area (Å²) in [6.45, 7) is 7.00. The van der Waals surface area contributed by atoms with E-state index in [1.54, 1.807) is 0 Å². The van der Waals surface area contributed by atoms with Gasteiger partial charge < -0.3 is 5.32 Å². The summed E-state index contributed by atoms with van der Waals surface area (Å²) in [5, 5.41) is 3.93. The molecule has 2 heteroatoms. The van der Waals surface area contributed by atoms with Gasteiger partial charge in [0, 0.05) is 30.7 Å². The van der Waals surface area contributed by atoms with Crippen LogP contribution in [0.1, 0.15) is 57.6 Å². The van der Waals surface area contributed by atoms with Gasteiger partial charge in [0.05, 0.1) is 0 Å². The van der Waals surface area contributed by atoms with Crippen molar-refractivity contribution in [3.8, 4) is 0 Å². The van der Waals surface area contributed by atoms with Crippen LogP contribution in [0.15, 0.2) is 30.3 Å². The predicted octanol–water partition coefficient (Wildman–Crippen LogP) is 3.74. The van der Waals surface area contributed by atoms with Crippen molar-refractivity contribution in [2.24, 2.45) is 0 Å². The zero-order valence-electron chi connectivity index (χ0n) is 12.9. The normalized spacial score (nSPS) is 27.1.